The van der Waals surface area contributed by atoms with Crippen LogP contribution in [0, 0.1) is 5.82 Å². The summed E-state index contributed by atoms with van der Waals surface area (Å²) in [5.41, 5.74) is 7.24. The molecule has 0 aliphatic carbocycles. The molecule has 0 aliphatic rings. The summed E-state index contributed by atoms with van der Waals surface area (Å²) in [6.45, 7) is 2.55. The zero-order valence-corrected chi connectivity index (χ0v) is 14.4. The molecule has 0 aliphatic heterocycles. The van der Waals surface area contributed by atoms with Crippen LogP contribution in [0.15, 0.2) is 48.6 Å². The number of hydrogen-bond donors (Lipinski definition) is 3. The standard InChI is InChI=1S/C17H19FN4O2.ClH/c1-2-3-10-24-17(23)21-14-8-9-15(22-16(14)19)20-11-12-4-6-13(18)7-5-12;/h2-9H,10-11H2,1H3,(H,21,23)(H3,19,20,22);1H/b3-2+;. The summed E-state index contributed by atoms with van der Waals surface area (Å²) in [5, 5.41) is 5.69. The molecule has 1 amide bonds. The summed E-state index contributed by atoms with van der Waals surface area (Å²) >= 11 is 0. The van der Waals surface area contributed by atoms with Gasteiger partial charge in [-0.2, -0.15) is 0 Å². The summed E-state index contributed by atoms with van der Waals surface area (Å²) in [6, 6.07) is 9.60. The fourth-order valence-corrected chi connectivity index (χ4v) is 1.89. The zero-order valence-electron chi connectivity index (χ0n) is 13.7. The Morgan fingerprint density at radius 2 is 2.00 bits per heavy atom. The summed E-state index contributed by atoms with van der Waals surface area (Å²) in [5.74, 6) is 0.693. The van der Waals surface area contributed by atoms with E-state index in [9.17, 15) is 9.18 Å². The lowest BCUT2D eigenvalue weighted by atomic mass is 10.2. The van der Waals surface area contributed by atoms with Gasteiger partial charge in [0.05, 0.1) is 6.54 Å². The van der Waals surface area contributed by atoms with Crippen LogP contribution in [-0.2, 0) is 11.3 Å². The van der Waals surface area contributed by atoms with Crippen molar-refractivity contribution >= 4 is 23.4 Å². The average molecular weight is 367 g/mol. The van der Waals surface area contributed by atoms with Gasteiger partial charge in [-0.05, 0) is 30.7 Å². The van der Waals surface area contributed by atoms with Crippen molar-refractivity contribution in [3.63, 3.8) is 0 Å². The Kier molecular flexibility index (Phi) is 8.22. The van der Waals surface area contributed by atoms with Gasteiger partial charge in [0.2, 0.25) is 11.6 Å². The summed E-state index contributed by atoms with van der Waals surface area (Å²) in [4.78, 5) is 14.5. The van der Waals surface area contributed by atoms with Gasteiger partial charge < -0.3 is 28.2 Å². The molecule has 0 fully saturated rings. The molecule has 2 rings (SSSR count). The lowest BCUT2D eigenvalue weighted by Crippen LogP contribution is -3.00. The van der Waals surface area contributed by atoms with Gasteiger partial charge in [0, 0.05) is 6.07 Å². The number of nitrogen functional groups attached to an aromatic ring is 1. The minimum absolute atomic E-state index is 0. The number of halogens is 2. The number of nitrogens with two attached hydrogens (primary N) is 1. The molecule has 0 bridgehead atoms. The fourth-order valence-electron chi connectivity index (χ4n) is 1.89. The van der Waals surface area contributed by atoms with Crippen molar-refractivity contribution in [1.29, 1.82) is 0 Å². The van der Waals surface area contributed by atoms with Gasteiger partial charge >= 0.3 is 6.09 Å². The smallest absolute Gasteiger partial charge is 0.412 e. The molecule has 1 aromatic carbocycles. The number of allylic oxidation sites excluding steroid dienone is 1. The van der Waals surface area contributed by atoms with Crippen molar-refractivity contribution in [2.45, 2.75) is 13.5 Å². The van der Waals surface area contributed by atoms with E-state index in [0.29, 0.717) is 23.9 Å². The van der Waals surface area contributed by atoms with E-state index in [2.05, 4.69) is 15.6 Å². The average Bonchev–Trinajstić information content (AvgIpc) is 2.57. The van der Waals surface area contributed by atoms with E-state index in [1.165, 1.54) is 12.1 Å². The number of benzene rings is 1. The zero-order chi connectivity index (χ0) is 17.4. The molecule has 0 saturated carbocycles. The number of anilines is 3. The Morgan fingerprint density at radius 3 is 2.64 bits per heavy atom. The predicted octanol–water partition coefficient (Wildman–Crippen LogP) is -0.0373. The minimum atomic E-state index is -0.583. The third-order valence-electron chi connectivity index (χ3n) is 3.16. The second-order valence-corrected chi connectivity index (χ2v) is 4.97. The lowest BCUT2D eigenvalue weighted by Gasteiger charge is -2.07. The Hall–Kier alpha value is -2.80. The molecule has 25 heavy (non-hydrogen) atoms. The molecular formula is C17H20ClFN4O2. The van der Waals surface area contributed by atoms with Gasteiger partial charge in [-0.3, -0.25) is 5.32 Å². The maximum Gasteiger partial charge on any atom is 0.412 e. The van der Waals surface area contributed by atoms with Crippen molar-refractivity contribution in [2.75, 3.05) is 23.0 Å². The maximum atomic E-state index is 12.9. The van der Waals surface area contributed by atoms with Crippen LogP contribution in [0.25, 0.3) is 0 Å². The van der Waals surface area contributed by atoms with E-state index in [0.717, 1.165) is 5.56 Å². The molecule has 5 N–H and O–H groups in total. The normalized spacial score (nSPS) is 10.2. The third-order valence-corrected chi connectivity index (χ3v) is 3.16. The van der Waals surface area contributed by atoms with Crippen LogP contribution in [0.1, 0.15) is 12.5 Å². The molecule has 2 aromatic rings. The Labute approximate surface area is 151 Å². The van der Waals surface area contributed by atoms with E-state index in [4.69, 9.17) is 10.5 Å². The number of carbonyl (C=O) groups excluding carboxylic acids is 1. The van der Waals surface area contributed by atoms with Crippen molar-refractivity contribution in [2.24, 2.45) is 0 Å². The second kappa shape index (κ2) is 10.1. The van der Waals surface area contributed by atoms with Crippen LogP contribution in [0.5, 0.6) is 0 Å². The van der Waals surface area contributed by atoms with Crippen LogP contribution in [0.2, 0.25) is 0 Å². The Bertz CT molecular complexity index is 723. The highest BCUT2D eigenvalue weighted by molar-refractivity contribution is 5.87. The molecule has 1 aromatic heterocycles. The maximum absolute atomic E-state index is 12.9. The largest absolute Gasteiger partial charge is 1.00 e. The first-order valence-electron chi connectivity index (χ1n) is 7.43. The van der Waals surface area contributed by atoms with Crippen LogP contribution in [0.3, 0.4) is 0 Å². The molecule has 0 unspecified atom stereocenters. The van der Waals surface area contributed by atoms with Crippen molar-refractivity contribution < 1.29 is 31.3 Å². The highest BCUT2D eigenvalue weighted by Crippen LogP contribution is 2.15. The van der Waals surface area contributed by atoms with E-state index in [1.54, 1.807) is 36.4 Å². The quantitative estimate of drug-likeness (QED) is 0.626. The van der Waals surface area contributed by atoms with Crippen molar-refractivity contribution in [3.05, 3.63) is 59.9 Å². The molecule has 1 heterocycles. The van der Waals surface area contributed by atoms with Gasteiger partial charge in [-0.15, -0.1) is 0 Å². The third kappa shape index (κ3) is 6.68. The molecule has 0 spiro atoms. The fraction of sp³-hybridized carbons (Fsp3) is 0.176. The number of rotatable bonds is 6. The van der Waals surface area contributed by atoms with Crippen molar-refractivity contribution in [1.82, 2.24) is 0 Å². The van der Waals surface area contributed by atoms with Crippen molar-refractivity contribution in [3.8, 4) is 0 Å². The number of aromatic nitrogens is 1. The highest BCUT2D eigenvalue weighted by atomic mass is 35.5. The number of hydrogen-bond acceptors (Lipinski definition) is 4. The number of ether oxygens (including phenoxy) is 1. The first-order chi connectivity index (χ1) is 11.6. The summed E-state index contributed by atoms with van der Waals surface area (Å²) in [7, 11) is 0. The van der Waals surface area contributed by atoms with Crippen LogP contribution >= 0.6 is 0 Å². The molecule has 0 radical (unpaired) electrons. The SMILES string of the molecule is C/C=C/COC(=O)Nc1ccc(NCc2ccc(F)cc2)[nH+]c1N.[Cl-]. The number of pyridine rings is 1. The van der Waals surface area contributed by atoms with Crippen LogP contribution < -0.4 is 33.8 Å². The topological polar surface area (TPSA) is 90.5 Å². The van der Waals surface area contributed by atoms with E-state index >= 15 is 0 Å². The number of nitrogens with one attached hydrogen (secondary N) is 3. The molecule has 0 atom stereocenters. The Balaban J connectivity index is 0.00000312. The minimum Gasteiger partial charge on any atom is -1.00 e. The number of amides is 1. The van der Waals surface area contributed by atoms with Crippen LogP contribution in [0.4, 0.5) is 26.5 Å². The Morgan fingerprint density at radius 1 is 1.28 bits per heavy atom. The van der Waals surface area contributed by atoms with Gasteiger partial charge in [0.15, 0.2) is 0 Å². The highest BCUT2D eigenvalue weighted by Gasteiger charge is 2.10. The summed E-state index contributed by atoms with van der Waals surface area (Å²) < 4.78 is 17.8. The van der Waals surface area contributed by atoms with Crippen LogP contribution in [-0.4, -0.2) is 12.7 Å². The second-order valence-electron chi connectivity index (χ2n) is 4.97. The van der Waals surface area contributed by atoms with Gasteiger partial charge in [0.1, 0.15) is 18.1 Å². The number of aromatic amines is 1. The molecule has 0 saturated heterocycles. The van der Waals surface area contributed by atoms with Gasteiger partial charge in [-0.25, -0.2) is 14.2 Å². The number of H-pyrrole nitrogens is 1. The molecule has 6 nitrogen and oxygen atoms in total. The first kappa shape index (κ1) is 20.2. The van der Waals surface area contributed by atoms with E-state index in [-0.39, 0.29) is 24.8 Å². The lowest BCUT2D eigenvalue weighted by molar-refractivity contribution is -0.342. The molecule has 134 valence electrons. The van der Waals surface area contributed by atoms with Gasteiger partial charge in [-0.1, -0.05) is 24.3 Å². The molecule has 8 heteroatoms. The predicted molar refractivity (Wildman–Crippen MR) is 90.9 cm³/mol. The van der Waals surface area contributed by atoms with E-state index in [1.807, 2.05) is 6.92 Å². The van der Waals surface area contributed by atoms with E-state index < -0.39 is 6.09 Å². The summed E-state index contributed by atoms with van der Waals surface area (Å²) in [6.07, 6.45) is 2.93. The first-order valence-corrected chi connectivity index (χ1v) is 7.43. The number of carbonyl (C=O) groups is 1. The van der Waals surface area contributed by atoms with Gasteiger partial charge in [0.25, 0.3) is 0 Å². The monoisotopic (exact) mass is 366 g/mol. The molecular weight excluding hydrogens is 347 g/mol.